The van der Waals surface area contributed by atoms with Crippen molar-refractivity contribution in [3.8, 4) is 11.6 Å². The number of rotatable bonds is 3. The van der Waals surface area contributed by atoms with Gasteiger partial charge in [0.1, 0.15) is 11.4 Å². The first-order chi connectivity index (χ1) is 8.45. The maximum atomic E-state index is 6.03. The summed E-state index contributed by atoms with van der Waals surface area (Å²) in [5, 5.41) is 8.64. The number of nitrogens with zero attached hydrogens (tertiary/aromatic N) is 4. The fraction of sp³-hybridized carbons (Fsp3) is 0.500. The molecule has 0 spiro atoms. The van der Waals surface area contributed by atoms with E-state index in [1.165, 1.54) is 0 Å². The SMILES string of the molecule is CCc1nn(C)c(Oc2c(C)nn(C)c2C)c1N. The second kappa shape index (κ2) is 4.36. The van der Waals surface area contributed by atoms with Crippen molar-refractivity contribution in [2.24, 2.45) is 14.1 Å². The smallest absolute Gasteiger partial charge is 0.241 e. The summed E-state index contributed by atoms with van der Waals surface area (Å²) in [7, 11) is 3.71. The zero-order chi connectivity index (χ0) is 13.4. The molecule has 0 unspecified atom stereocenters. The first-order valence-corrected chi connectivity index (χ1v) is 5.95. The third-order valence-corrected chi connectivity index (χ3v) is 3.08. The number of anilines is 1. The van der Waals surface area contributed by atoms with Gasteiger partial charge < -0.3 is 10.5 Å². The molecule has 0 aromatic carbocycles. The lowest BCUT2D eigenvalue weighted by Crippen LogP contribution is -1.99. The van der Waals surface area contributed by atoms with E-state index in [0.717, 1.165) is 29.3 Å². The van der Waals surface area contributed by atoms with Crippen molar-refractivity contribution >= 4 is 5.69 Å². The zero-order valence-corrected chi connectivity index (χ0v) is 11.5. The Morgan fingerprint density at radius 1 is 1.17 bits per heavy atom. The summed E-state index contributed by atoms with van der Waals surface area (Å²) >= 11 is 0. The first-order valence-electron chi connectivity index (χ1n) is 5.95. The van der Waals surface area contributed by atoms with Crippen molar-refractivity contribution in [1.82, 2.24) is 19.6 Å². The van der Waals surface area contributed by atoms with Crippen LogP contribution in [0.2, 0.25) is 0 Å². The van der Waals surface area contributed by atoms with Crippen molar-refractivity contribution in [3.63, 3.8) is 0 Å². The summed E-state index contributed by atoms with van der Waals surface area (Å²) in [6, 6.07) is 0. The number of hydrogen-bond donors (Lipinski definition) is 1. The van der Waals surface area contributed by atoms with Crippen LogP contribution in [-0.2, 0) is 20.5 Å². The van der Waals surface area contributed by atoms with Gasteiger partial charge in [-0.1, -0.05) is 6.92 Å². The molecule has 2 rings (SSSR count). The van der Waals surface area contributed by atoms with Crippen LogP contribution in [0, 0.1) is 13.8 Å². The van der Waals surface area contributed by atoms with Crippen LogP contribution in [0.3, 0.4) is 0 Å². The standard InChI is InChI=1S/C12H19N5O/c1-6-9-10(13)12(17(5)15-9)18-11-7(2)14-16(4)8(11)3/h6,13H2,1-5H3. The van der Waals surface area contributed by atoms with Gasteiger partial charge in [-0.2, -0.15) is 10.2 Å². The Balaban J connectivity index is 2.43. The number of nitrogens with two attached hydrogens (primary N) is 1. The van der Waals surface area contributed by atoms with Gasteiger partial charge in [-0.05, 0) is 20.3 Å². The molecule has 0 bridgehead atoms. The van der Waals surface area contributed by atoms with Gasteiger partial charge in [0.25, 0.3) is 0 Å². The quantitative estimate of drug-likeness (QED) is 0.898. The summed E-state index contributed by atoms with van der Waals surface area (Å²) in [5.41, 5.74) is 9.29. The second-order valence-electron chi connectivity index (χ2n) is 4.37. The summed E-state index contributed by atoms with van der Waals surface area (Å²) < 4.78 is 9.35. The molecule has 0 aliphatic carbocycles. The highest BCUT2D eigenvalue weighted by molar-refractivity contribution is 5.55. The summed E-state index contributed by atoms with van der Waals surface area (Å²) in [5.74, 6) is 1.32. The van der Waals surface area contributed by atoms with Gasteiger partial charge in [0.05, 0.1) is 11.4 Å². The molecule has 6 nitrogen and oxygen atoms in total. The third-order valence-electron chi connectivity index (χ3n) is 3.08. The van der Waals surface area contributed by atoms with Crippen molar-refractivity contribution < 1.29 is 4.74 Å². The van der Waals surface area contributed by atoms with E-state index in [1.807, 2.05) is 34.9 Å². The molecule has 2 aromatic heterocycles. The van der Waals surface area contributed by atoms with E-state index in [1.54, 1.807) is 9.36 Å². The van der Waals surface area contributed by atoms with Crippen LogP contribution in [0.5, 0.6) is 11.6 Å². The fourth-order valence-electron chi connectivity index (χ4n) is 1.96. The molecule has 0 aliphatic rings. The number of hydrogen-bond acceptors (Lipinski definition) is 4. The number of ether oxygens (including phenoxy) is 1. The molecule has 0 saturated carbocycles. The Kier molecular flexibility index (Phi) is 3.02. The minimum absolute atomic E-state index is 0.575. The van der Waals surface area contributed by atoms with Crippen LogP contribution >= 0.6 is 0 Å². The van der Waals surface area contributed by atoms with Gasteiger partial charge in [0.2, 0.25) is 5.88 Å². The number of nitrogen functional groups attached to an aromatic ring is 1. The van der Waals surface area contributed by atoms with Gasteiger partial charge >= 0.3 is 0 Å². The fourth-order valence-corrected chi connectivity index (χ4v) is 1.96. The average Bonchev–Trinajstić information content (AvgIpc) is 2.72. The molecule has 0 radical (unpaired) electrons. The predicted octanol–water partition coefficient (Wildman–Crippen LogP) is 1.71. The van der Waals surface area contributed by atoms with Gasteiger partial charge in [0.15, 0.2) is 5.75 Å². The van der Waals surface area contributed by atoms with Gasteiger partial charge in [0, 0.05) is 14.1 Å². The molecule has 0 fully saturated rings. The zero-order valence-electron chi connectivity index (χ0n) is 11.5. The molecular weight excluding hydrogens is 230 g/mol. The van der Waals surface area contributed by atoms with E-state index in [0.29, 0.717) is 11.6 Å². The summed E-state index contributed by atoms with van der Waals surface area (Å²) in [6.07, 6.45) is 0.786. The lowest BCUT2D eigenvalue weighted by Gasteiger charge is -2.06. The molecule has 2 heterocycles. The third kappa shape index (κ3) is 1.83. The number of aryl methyl sites for hydroxylation is 4. The van der Waals surface area contributed by atoms with Crippen LogP contribution in [0.4, 0.5) is 5.69 Å². The normalized spacial score (nSPS) is 10.9. The maximum Gasteiger partial charge on any atom is 0.241 e. The van der Waals surface area contributed by atoms with Crippen molar-refractivity contribution in [1.29, 1.82) is 0 Å². The molecule has 18 heavy (non-hydrogen) atoms. The minimum Gasteiger partial charge on any atom is -0.433 e. The minimum atomic E-state index is 0.575. The lowest BCUT2D eigenvalue weighted by atomic mass is 10.3. The van der Waals surface area contributed by atoms with Gasteiger partial charge in [-0.15, -0.1) is 0 Å². The highest BCUT2D eigenvalue weighted by Crippen LogP contribution is 2.33. The van der Waals surface area contributed by atoms with Crippen LogP contribution < -0.4 is 10.5 Å². The van der Waals surface area contributed by atoms with Crippen LogP contribution in [0.1, 0.15) is 24.0 Å². The van der Waals surface area contributed by atoms with Crippen molar-refractivity contribution in [2.45, 2.75) is 27.2 Å². The largest absolute Gasteiger partial charge is 0.433 e. The molecule has 2 aromatic rings. The molecule has 0 saturated heterocycles. The Morgan fingerprint density at radius 3 is 2.28 bits per heavy atom. The van der Waals surface area contributed by atoms with Gasteiger partial charge in [-0.3, -0.25) is 4.68 Å². The van der Waals surface area contributed by atoms with E-state index in [-0.39, 0.29) is 0 Å². The van der Waals surface area contributed by atoms with Crippen molar-refractivity contribution in [3.05, 3.63) is 17.1 Å². The van der Waals surface area contributed by atoms with Crippen LogP contribution in [-0.4, -0.2) is 19.6 Å². The van der Waals surface area contributed by atoms with E-state index in [9.17, 15) is 0 Å². The highest BCUT2D eigenvalue weighted by atomic mass is 16.5. The van der Waals surface area contributed by atoms with E-state index >= 15 is 0 Å². The molecule has 98 valence electrons. The average molecular weight is 249 g/mol. The summed E-state index contributed by atoms with van der Waals surface area (Å²) in [6.45, 7) is 5.89. The highest BCUT2D eigenvalue weighted by Gasteiger charge is 2.18. The van der Waals surface area contributed by atoms with E-state index < -0.39 is 0 Å². The Bertz CT molecular complexity index is 582. The molecular formula is C12H19N5O. The van der Waals surface area contributed by atoms with Crippen molar-refractivity contribution in [2.75, 3.05) is 5.73 Å². The predicted molar refractivity (Wildman–Crippen MR) is 69.8 cm³/mol. The molecule has 0 amide bonds. The van der Waals surface area contributed by atoms with E-state index in [4.69, 9.17) is 10.5 Å². The van der Waals surface area contributed by atoms with Crippen LogP contribution in [0.25, 0.3) is 0 Å². The monoisotopic (exact) mass is 249 g/mol. The lowest BCUT2D eigenvalue weighted by molar-refractivity contribution is 0.426. The topological polar surface area (TPSA) is 70.9 Å². The molecule has 0 aliphatic heterocycles. The Hall–Kier alpha value is -1.98. The molecule has 6 heteroatoms. The molecule has 0 atom stereocenters. The first kappa shape index (κ1) is 12.5. The number of aromatic nitrogens is 4. The van der Waals surface area contributed by atoms with Crippen LogP contribution in [0.15, 0.2) is 0 Å². The molecule has 2 N–H and O–H groups in total. The summed E-state index contributed by atoms with van der Waals surface area (Å²) in [4.78, 5) is 0. The van der Waals surface area contributed by atoms with Gasteiger partial charge in [-0.25, -0.2) is 4.68 Å². The Morgan fingerprint density at radius 2 is 1.83 bits per heavy atom. The maximum absolute atomic E-state index is 6.03. The van der Waals surface area contributed by atoms with E-state index in [2.05, 4.69) is 10.2 Å². The Labute approximate surface area is 106 Å². The second-order valence-corrected chi connectivity index (χ2v) is 4.37.